The number of hydrogen-bond acceptors (Lipinski definition) is 7. The first kappa shape index (κ1) is 15.5. The van der Waals surface area contributed by atoms with Crippen LogP contribution in [-0.2, 0) is 6.54 Å². The Morgan fingerprint density at radius 3 is 3.09 bits per heavy atom. The first-order chi connectivity index (χ1) is 10.6. The van der Waals surface area contributed by atoms with Crippen LogP contribution >= 0.6 is 11.3 Å². The molecular formula is C15H22N4O2S. The highest BCUT2D eigenvalue weighted by molar-refractivity contribution is 7.10. The van der Waals surface area contributed by atoms with E-state index in [1.807, 2.05) is 36.5 Å². The summed E-state index contributed by atoms with van der Waals surface area (Å²) in [5.41, 5.74) is 0. The molecule has 1 N–H and O–H groups in total. The Morgan fingerprint density at radius 2 is 2.41 bits per heavy atom. The highest BCUT2D eigenvalue weighted by atomic mass is 32.1. The zero-order valence-electron chi connectivity index (χ0n) is 13.0. The summed E-state index contributed by atoms with van der Waals surface area (Å²) in [5.74, 6) is 1.24. The predicted molar refractivity (Wildman–Crippen MR) is 86.0 cm³/mol. The minimum absolute atomic E-state index is 0.367. The van der Waals surface area contributed by atoms with Crippen LogP contribution in [0.1, 0.15) is 36.1 Å². The van der Waals surface area contributed by atoms with E-state index in [9.17, 15) is 5.11 Å². The molecule has 1 aliphatic rings. The zero-order chi connectivity index (χ0) is 15.5. The van der Waals surface area contributed by atoms with E-state index in [4.69, 9.17) is 4.52 Å². The summed E-state index contributed by atoms with van der Waals surface area (Å²) >= 11 is 1.61. The summed E-state index contributed by atoms with van der Waals surface area (Å²) in [7, 11) is 3.79. The normalized spacial score (nSPS) is 20.4. The van der Waals surface area contributed by atoms with E-state index in [1.54, 1.807) is 11.3 Å². The molecule has 0 spiro atoms. The van der Waals surface area contributed by atoms with Crippen LogP contribution in [0.4, 0.5) is 5.95 Å². The Bertz CT molecular complexity index is 584. The van der Waals surface area contributed by atoms with Gasteiger partial charge in [0.05, 0.1) is 12.6 Å². The van der Waals surface area contributed by atoms with Crippen LogP contribution in [0.25, 0.3) is 0 Å². The number of aliphatic hydroxyl groups is 1. The molecule has 7 heteroatoms. The number of aromatic nitrogens is 2. The maximum absolute atomic E-state index is 10.4. The Kier molecular flexibility index (Phi) is 4.75. The van der Waals surface area contributed by atoms with Gasteiger partial charge in [0, 0.05) is 25.0 Å². The van der Waals surface area contributed by atoms with Gasteiger partial charge in [-0.15, -0.1) is 11.3 Å². The van der Waals surface area contributed by atoms with Crippen molar-refractivity contribution in [3.05, 3.63) is 28.3 Å². The molecule has 1 fully saturated rings. The van der Waals surface area contributed by atoms with Crippen molar-refractivity contribution in [2.45, 2.75) is 38.0 Å². The van der Waals surface area contributed by atoms with Crippen LogP contribution < -0.4 is 4.90 Å². The van der Waals surface area contributed by atoms with E-state index >= 15 is 0 Å². The van der Waals surface area contributed by atoms with Crippen molar-refractivity contribution in [1.82, 2.24) is 15.0 Å². The third-order valence-corrected chi connectivity index (χ3v) is 5.04. The molecule has 3 heterocycles. The maximum Gasteiger partial charge on any atom is 0.265 e. The van der Waals surface area contributed by atoms with Gasteiger partial charge in [0.25, 0.3) is 5.95 Å². The Labute approximate surface area is 134 Å². The van der Waals surface area contributed by atoms with Crippen molar-refractivity contribution in [1.29, 1.82) is 0 Å². The summed E-state index contributed by atoms with van der Waals surface area (Å²) in [6, 6.07) is 4.35. The fourth-order valence-corrected chi connectivity index (χ4v) is 3.62. The summed E-state index contributed by atoms with van der Waals surface area (Å²) in [6.45, 7) is 1.67. The maximum atomic E-state index is 10.4. The van der Waals surface area contributed by atoms with Crippen LogP contribution in [0.15, 0.2) is 22.0 Å². The molecular weight excluding hydrogens is 300 g/mol. The molecule has 2 aromatic rings. The standard InChI is InChI=1S/C15H22N4O2S/c1-18(2)15-16-14(21-17-15)10-19-7-3-5-11(19)9-12(20)13-6-4-8-22-13/h4,6,8,11-12,20H,3,5,7,9-10H2,1-2H3/t11-,12-/m0/s1. The first-order valence-electron chi connectivity index (χ1n) is 7.59. The lowest BCUT2D eigenvalue weighted by atomic mass is 10.1. The van der Waals surface area contributed by atoms with E-state index in [2.05, 4.69) is 15.0 Å². The summed E-state index contributed by atoms with van der Waals surface area (Å²) < 4.78 is 5.31. The number of thiophene rings is 1. The van der Waals surface area contributed by atoms with Crippen molar-refractivity contribution in [2.24, 2.45) is 0 Å². The molecule has 0 bridgehead atoms. The second kappa shape index (κ2) is 6.76. The van der Waals surface area contributed by atoms with Crippen molar-refractivity contribution in [3.8, 4) is 0 Å². The van der Waals surface area contributed by atoms with Gasteiger partial charge in [0.1, 0.15) is 0 Å². The fourth-order valence-electron chi connectivity index (χ4n) is 2.89. The number of anilines is 1. The monoisotopic (exact) mass is 322 g/mol. The van der Waals surface area contributed by atoms with Gasteiger partial charge >= 0.3 is 0 Å². The Hall–Kier alpha value is -1.44. The Balaban J connectivity index is 1.60. The minimum Gasteiger partial charge on any atom is -0.388 e. The molecule has 1 saturated heterocycles. The van der Waals surface area contributed by atoms with Gasteiger partial charge in [0.2, 0.25) is 5.89 Å². The molecule has 1 aliphatic heterocycles. The van der Waals surface area contributed by atoms with Crippen LogP contribution in [-0.4, -0.2) is 46.8 Å². The average Bonchev–Trinajstić information content (AvgIpc) is 3.20. The number of nitrogens with zero attached hydrogens (tertiary/aromatic N) is 4. The first-order valence-corrected chi connectivity index (χ1v) is 8.47. The second-order valence-electron chi connectivity index (χ2n) is 5.92. The molecule has 2 atom stereocenters. The fraction of sp³-hybridized carbons (Fsp3) is 0.600. The highest BCUT2D eigenvalue weighted by Crippen LogP contribution is 2.30. The van der Waals surface area contributed by atoms with E-state index in [0.717, 1.165) is 30.7 Å². The van der Waals surface area contributed by atoms with Gasteiger partial charge in [-0.05, 0) is 42.4 Å². The van der Waals surface area contributed by atoms with Crippen molar-refractivity contribution in [2.75, 3.05) is 25.5 Å². The lowest BCUT2D eigenvalue weighted by Crippen LogP contribution is -2.30. The molecule has 0 amide bonds. The summed E-state index contributed by atoms with van der Waals surface area (Å²) in [5, 5.41) is 16.3. The van der Waals surface area contributed by atoms with Crippen LogP contribution in [0.2, 0.25) is 0 Å². The number of likely N-dealkylation sites (tertiary alicyclic amines) is 1. The molecule has 0 unspecified atom stereocenters. The minimum atomic E-state index is -0.384. The summed E-state index contributed by atoms with van der Waals surface area (Å²) in [6.07, 6.45) is 2.63. The predicted octanol–water partition coefficient (Wildman–Crippen LogP) is 2.29. The van der Waals surface area contributed by atoms with Crippen LogP contribution in [0.5, 0.6) is 0 Å². The third kappa shape index (κ3) is 3.48. The molecule has 6 nitrogen and oxygen atoms in total. The smallest absolute Gasteiger partial charge is 0.265 e. The van der Waals surface area contributed by atoms with Gasteiger partial charge in [-0.1, -0.05) is 6.07 Å². The SMILES string of the molecule is CN(C)c1noc(CN2CCC[C@H]2C[C@H](O)c2cccs2)n1. The van der Waals surface area contributed by atoms with Gasteiger partial charge in [-0.2, -0.15) is 4.98 Å². The van der Waals surface area contributed by atoms with Gasteiger partial charge in [-0.3, -0.25) is 4.90 Å². The molecule has 120 valence electrons. The van der Waals surface area contributed by atoms with E-state index < -0.39 is 0 Å². The van der Waals surface area contributed by atoms with E-state index in [-0.39, 0.29) is 6.10 Å². The molecule has 0 aliphatic carbocycles. The van der Waals surface area contributed by atoms with E-state index in [1.165, 1.54) is 0 Å². The second-order valence-corrected chi connectivity index (χ2v) is 6.90. The molecule has 0 radical (unpaired) electrons. The van der Waals surface area contributed by atoms with E-state index in [0.29, 0.717) is 24.4 Å². The molecule has 2 aromatic heterocycles. The molecule has 0 saturated carbocycles. The van der Waals surface area contributed by atoms with Gasteiger partial charge in [0.15, 0.2) is 0 Å². The quantitative estimate of drug-likeness (QED) is 0.880. The number of hydrogen-bond donors (Lipinski definition) is 1. The largest absolute Gasteiger partial charge is 0.388 e. The Morgan fingerprint density at radius 1 is 1.55 bits per heavy atom. The number of aliphatic hydroxyl groups excluding tert-OH is 1. The lowest BCUT2D eigenvalue weighted by molar-refractivity contribution is 0.115. The topological polar surface area (TPSA) is 65.6 Å². The molecule has 0 aromatic carbocycles. The van der Waals surface area contributed by atoms with Crippen LogP contribution in [0, 0.1) is 0 Å². The summed E-state index contributed by atoms with van der Waals surface area (Å²) in [4.78, 5) is 9.59. The van der Waals surface area contributed by atoms with Crippen LogP contribution in [0.3, 0.4) is 0 Å². The van der Waals surface area contributed by atoms with Gasteiger partial charge < -0.3 is 14.5 Å². The third-order valence-electron chi connectivity index (χ3n) is 4.06. The number of rotatable bonds is 6. The average molecular weight is 322 g/mol. The van der Waals surface area contributed by atoms with Crippen molar-refractivity contribution >= 4 is 17.3 Å². The van der Waals surface area contributed by atoms with Gasteiger partial charge in [-0.25, -0.2) is 0 Å². The molecule has 3 rings (SSSR count). The van der Waals surface area contributed by atoms with Crippen molar-refractivity contribution in [3.63, 3.8) is 0 Å². The highest BCUT2D eigenvalue weighted by Gasteiger charge is 2.28. The van der Waals surface area contributed by atoms with Crippen molar-refractivity contribution < 1.29 is 9.63 Å². The lowest BCUT2D eigenvalue weighted by Gasteiger charge is -2.24. The molecule has 22 heavy (non-hydrogen) atoms. The zero-order valence-corrected chi connectivity index (χ0v) is 13.8.